The number of rotatable bonds is 9. The molecule has 0 aliphatic rings. The molecule has 4 aromatic rings. The van der Waals surface area contributed by atoms with Gasteiger partial charge in [0.15, 0.2) is 11.5 Å². The number of carbonyl (C=O) groups excluding carboxylic acids is 1. The first-order chi connectivity index (χ1) is 16.6. The summed E-state index contributed by atoms with van der Waals surface area (Å²) < 4.78 is 12.3. The zero-order chi connectivity index (χ0) is 23.9. The molecule has 0 spiro atoms. The highest BCUT2D eigenvalue weighted by Gasteiger charge is 2.14. The van der Waals surface area contributed by atoms with Crippen LogP contribution in [0.1, 0.15) is 18.9 Å². The van der Waals surface area contributed by atoms with Gasteiger partial charge in [-0.1, -0.05) is 37.3 Å². The van der Waals surface area contributed by atoms with Crippen LogP contribution in [0.15, 0.2) is 70.1 Å². The summed E-state index contributed by atoms with van der Waals surface area (Å²) in [5.74, 6) is 0.793. The monoisotopic (exact) mass is 476 g/mol. The van der Waals surface area contributed by atoms with Crippen molar-refractivity contribution in [2.24, 2.45) is 5.10 Å². The molecular weight excluding hydrogens is 452 g/mol. The van der Waals surface area contributed by atoms with Gasteiger partial charge in [-0.25, -0.2) is 10.4 Å². The molecule has 34 heavy (non-hydrogen) atoms. The molecule has 1 N–H and O–H groups in total. The highest BCUT2D eigenvalue weighted by atomic mass is 32.1. The minimum Gasteiger partial charge on any atom is -0.493 e. The molecule has 0 atom stereocenters. The Morgan fingerprint density at radius 2 is 2.03 bits per heavy atom. The molecule has 2 heterocycles. The van der Waals surface area contributed by atoms with Gasteiger partial charge in [-0.2, -0.15) is 5.10 Å². The molecule has 2 aromatic heterocycles. The lowest BCUT2D eigenvalue weighted by Gasteiger charge is -2.10. The number of thiophene rings is 1. The molecule has 1 amide bonds. The summed E-state index contributed by atoms with van der Waals surface area (Å²) in [6.07, 6.45) is 3.78. The number of methoxy groups -OCH3 is 1. The van der Waals surface area contributed by atoms with Crippen molar-refractivity contribution < 1.29 is 14.3 Å². The highest BCUT2D eigenvalue weighted by molar-refractivity contribution is 7.17. The predicted molar refractivity (Wildman–Crippen MR) is 134 cm³/mol. The van der Waals surface area contributed by atoms with E-state index in [0.29, 0.717) is 28.3 Å². The van der Waals surface area contributed by atoms with Gasteiger partial charge in [0.1, 0.15) is 11.4 Å². The van der Waals surface area contributed by atoms with Gasteiger partial charge in [0, 0.05) is 10.9 Å². The molecule has 174 valence electrons. The van der Waals surface area contributed by atoms with E-state index in [4.69, 9.17) is 9.47 Å². The predicted octanol–water partition coefficient (Wildman–Crippen LogP) is 4.07. The van der Waals surface area contributed by atoms with Crippen molar-refractivity contribution in [3.8, 4) is 22.6 Å². The van der Waals surface area contributed by atoms with Gasteiger partial charge >= 0.3 is 0 Å². The van der Waals surface area contributed by atoms with Crippen LogP contribution in [0.5, 0.6) is 11.5 Å². The van der Waals surface area contributed by atoms with Crippen molar-refractivity contribution in [3.05, 3.63) is 76.2 Å². The molecule has 4 rings (SSSR count). The highest BCUT2D eigenvalue weighted by Crippen LogP contribution is 2.30. The second-order valence-corrected chi connectivity index (χ2v) is 8.28. The first-order valence-corrected chi connectivity index (χ1v) is 11.6. The van der Waals surface area contributed by atoms with Gasteiger partial charge in [0.05, 0.1) is 31.6 Å². The summed E-state index contributed by atoms with van der Waals surface area (Å²) in [4.78, 5) is 30.5. The summed E-state index contributed by atoms with van der Waals surface area (Å²) in [5, 5.41) is 6.42. The maximum Gasteiger partial charge on any atom is 0.263 e. The van der Waals surface area contributed by atoms with E-state index < -0.39 is 5.91 Å². The molecule has 0 saturated carbocycles. The number of hydrazone groups is 1. The smallest absolute Gasteiger partial charge is 0.263 e. The molecule has 0 saturated heterocycles. The van der Waals surface area contributed by atoms with Crippen molar-refractivity contribution in [1.82, 2.24) is 15.0 Å². The van der Waals surface area contributed by atoms with Crippen LogP contribution < -0.4 is 20.5 Å². The lowest BCUT2D eigenvalue weighted by molar-refractivity contribution is -0.121. The van der Waals surface area contributed by atoms with Crippen LogP contribution in [0, 0.1) is 0 Å². The number of nitrogens with zero attached hydrogens (tertiary/aromatic N) is 3. The molecule has 0 aliphatic carbocycles. The maximum atomic E-state index is 13.1. The summed E-state index contributed by atoms with van der Waals surface area (Å²) in [7, 11) is 1.57. The SMILES string of the molecule is CCCOc1ccc(/C=N/NC(=O)Cn2cnc3scc(-c4ccccc4)c3c2=O)cc1OC. The van der Waals surface area contributed by atoms with Gasteiger partial charge < -0.3 is 9.47 Å². The first-order valence-electron chi connectivity index (χ1n) is 10.8. The fraction of sp³-hybridized carbons (Fsp3) is 0.200. The van der Waals surface area contributed by atoms with E-state index in [0.717, 1.165) is 23.1 Å². The molecule has 2 aromatic carbocycles. The molecule has 0 bridgehead atoms. The Kier molecular flexibility index (Phi) is 7.34. The maximum absolute atomic E-state index is 13.1. The number of benzene rings is 2. The fourth-order valence-electron chi connectivity index (χ4n) is 3.37. The van der Waals surface area contributed by atoms with Gasteiger partial charge in [-0.3, -0.25) is 14.2 Å². The van der Waals surface area contributed by atoms with E-state index in [1.54, 1.807) is 19.2 Å². The molecule has 8 nitrogen and oxygen atoms in total. The Labute approximate surface area is 200 Å². The normalized spacial score (nSPS) is 11.1. The molecule has 0 radical (unpaired) electrons. The molecule has 0 unspecified atom stereocenters. The van der Waals surface area contributed by atoms with E-state index in [2.05, 4.69) is 15.5 Å². The number of aromatic nitrogens is 2. The number of ether oxygens (including phenoxy) is 2. The minimum absolute atomic E-state index is 0.198. The number of nitrogens with one attached hydrogen (secondary N) is 1. The second kappa shape index (κ2) is 10.8. The summed E-state index contributed by atoms with van der Waals surface area (Å²) >= 11 is 1.40. The van der Waals surface area contributed by atoms with Crippen LogP contribution in [-0.4, -0.2) is 35.4 Å². The van der Waals surface area contributed by atoms with Crippen LogP contribution in [0.4, 0.5) is 0 Å². The number of fused-ring (bicyclic) bond motifs is 1. The Hall–Kier alpha value is -3.98. The van der Waals surface area contributed by atoms with Crippen LogP contribution >= 0.6 is 11.3 Å². The van der Waals surface area contributed by atoms with Gasteiger partial charge in [-0.05, 0) is 35.7 Å². The third-order valence-electron chi connectivity index (χ3n) is 5.01. The largest absolute Gasteiger partial charge is 0.493 e. The van der Waals surface area contributed by atoms with Crippen molar-refractivity contribution in [2.75, 3.05) is 13.7 Å². The average Bonchev–Trinajstić information content (AvgIpc) is 3.30. The van der Waals surface area contributed by atoms with Crippen LogP contribution in [0.3, 0.4) is 0 Å². The Balaban J connectivity index is 1.46. The van der Waals surface area contributed by atoms with Crippen molar-refractivity contribution in [1.29, 1.82) is 0 Å². The topological polar surface area (TPSA) is 94.8 Å². The summed E-state index contributed by atoms with van der Waals surface area (Å²) in [5.41, 5.74) is 4.66. The van der Waals surface area contributed by atoms with E-state index in [1.807, 2.05) is 48.7 Å². The van der Waals surface area contributed by atoms with Crippen LogP contribution in [0.25, 0.3) is 21.3 Å². The summed E-state index contributed by atoms with van der Waals surface area (Å²) in [6.45, 7) is 2.43. The van der Waals surface area contributed by atoms with Crippen molar-refractivity contribution in [3.63, 3.8) is 0 Å². The Morgan fingerprint density at radius 3 is 2.79 bits per heavy atom. The lowest BCUT2D eigenvalue weighted by Crippen LogP contribution is -2.30. The van der Waals surface area contributed by atoms with Crippen molar-refractivity contribution in [2.45, 2.75) is 19.9 Å². The molecular formula is C25H24N4O4S. The number of hydrogen-bond donors (Lipinski definition) is 1. The van der Waals surface area contributed by atoms with Gasteiger partial charge in [0.2, 0.25) is 0 Å². The second-order valence-electron chi connectivity index (χ2n) is 7.43. The Morgan fingerprint density at radius 1 is 1.21 bits per heavy atom. The van der Waals surface area contributed by atoms with E-state index in [9.17, 15) is 9.59 Å². The first kappa shape index (κ1) is 23.2. The molecule has 0 fully saturated rings. The Bertz CT molecular complexity index is 1380. The molecule has 9 heteroatoms. The number of carbonyl (C=O) groups is 1. The standard InChI is InChI=1S/C25H24N4O4S/c1-3-11-33-20-10-9-17(12-21(20)32-2)13-27-28-22(30)14-29-16-26-24-23(25(29)31)19(15-34-24)18-7-5-4-6-8-18/h4-10,12-13,15-16H,3,11,14H2,1-2H3,(H,28,30)/b27-13+. The molecule has 0 aliphatic heterocycles. The number of hydrogen-bond acceptors (Lipinski definition) is 7. The van der Waals surface area contributed by atoms with E-state index in [1.165, 1.54) is 28.4 Å². The van der Waals surface area contributed by atoms with Crippen molar-refractivity contribution >= 4 is 33.7 Å². The average molecular weight is 477 g/mol. The van der Waals surface area contributed by atoms with Gasteiger partial charge in [0.25, 0.3) is 11.5 Å². The third-order valence-corrected chi connectivity index (χ3v) is 5.90. The zero-order valence-electron chi connectivity index (χ0n) is 18.9. The van der Waals surface area contributed by atoms with E-state index in [-0.39, 0.29) is 12.1 Å². The lowest BCUT2D eigenvalue weighted by atomic mass is 10.1. The summed E-state index contributed by atoms with van der Waals surface area (Å²) in [6, 6.07) is 15.0. The third kappa shape index (κ3) is 5.15. The fourth-order valence-corrected chi connectivity index (χ4v) is 4.28. The van der Waals surface area contributed by atoms with E-state index >= 15 is 0 Å². The quantitative estimate of drug-likeness (QED) is 0.290. The van der Waals surface area contributed by atoms with Crippen LogP contribution in [0.2, 0.25) is 0 Å². The minimum atomic E-state index is -0.439. The zero-order valence-corrected chi connectivity index (χ0v) is 19.7. The van der Waals surface area contributed by atoms with Crippen LogP contribution in [-0.2, 0) is 11.3 Å². The number of amides is 1. The van der Waals surface area contributed by atoms with Gasteiger partial charge in [-0.15, -0.1) is 11.3 Å².